The molecule has 3 heteroatoms. The molecule has 0 fully saturated rings. The Morgan fingerprint density at radius 1 is 1.05 bits per heavy atom. The maximum absolute atomic E-state index is 5.60. The second kappa shape index (κ2) is 8.63. The minimum atomic E-state index is 0.321. The number of rotatable bonds is 6. The standard InChI is InChI=1S/C17H25NO2/c1-17(2,3)10-12-19-13-14-20-16-8-6-15(7-9-16)5-4-11-18/h6-9H,10-14,18H2,1-3H3. The largest absolute Gasteiger partial charge is 0.491 e. The van der Waals surface area contributed by atoms with Gasteiger partial charge in [0.05, 0.1) is 13.2 Å². The van der Waals surface area contributed by atoms with E-state index < -0.39 is 0 Å². The van der Waals surface area contributed by atoms with E-state index in [9.17, 15) is 0 Å². The van der Waals surface area contributed by atoms with Crippen LogP contribution in [0.4, 0.5) is 0 Å². The Morgan fingerprint density at radius 2 is 1.75 bits per heavy atom. The van der Waals surface area contributed by atoms with Gasteiger partial charge in [0, 0.05) is 12.2 Å². The van der Waals surface area contributed by atoms with Crippen LogP contribution in [0.1, 0.15) is 32.8 Å². The van der Waals surface area contributed by atoms with Gasteiger partial charge in [-0.1, -0.05) is 32.6 Å². The van der Waals surface area contributed by atoms with Crippen molar-refractivity contribution < 1.29 is 9.47 Å². The highest BCUT2D eigenvalue weighted by Gasteiger charge is 2.08. The molecule has 0 aromatic heterocycles. The summed E-state index contributed by atoms with van der Waals surface area (Å²) in [5.74, 6) is 6.63. The van der Waals surface area contributed by atoms with E-state index in [1.807, 2.05) is 24.3 Å². The van der Waals surface area contributed by atoms with Gasteiger partial charge in [0.1, 0.15) is 12.4 Å². The molecule has 1 aromatic rings. The van der Waals surface area contributed by atoms with Crippen molar-refractivity contribution in [1.29, 1.82) is 0 Å². The summed E-state index contributed by atoms with van der Waals surface area (Å²) in [7, 11) is 0. The lowest BCUT2D eigenvalue weighted by Crippen LogP contribution is -2.12. The van der Waals surface area contributed by atoms with E-state index in [1.165, 1.54) is 0 Å². The van der Waals surface area contributed by atoms with Crippen molar-refractivity contribution in [2.45, 2.75) is 27.2 Å². The number of nitrogens with two attached hydrogens (primary N) is 1. The van der Waals surface area contributed by atoms with Crippen LogP contribution in [0.3, 0.4) is 0 Å². The van der Waals surface area contributed by atoms with E-state index in [1.54, 1.807) is 0 Å². The topological polar surface area (TPSA) is 44.5 Å². The van der Waals surface area contributed by atoms with Gasteiger partial charge < -0.3 is 15.2 Å². The second-order valence-electron chi connectivity index (χ2n) is 5.80. The molecule has 3 nitrogen and oxygen atoms in total. The van der Waals surface area contributed by atoms with Crippen LogP contribution in [0.2, 0.25) is 0 Å². The van der Waals surface area contributed by atoms with Crippen LogP contribution in [-0.2, 0) is 4.74 Å². The van der Waals surface area contributed by atoms with Crippen LogP contribution in [0.15, 0.2) is 24.3 Å². The van der Waals surface area contributed by atoms with E-state index in [4.69, 9.17) is 15.2 Å². The smallest absolute Gasteiger partial charge is 0.119 e. The van der Waals surface area contributed by atoms with Gasteiger partial charge >= 0.3 is 0 Å². The average molecular weight is 275 g/mol. The Labute approximate surface area is 122 Å². The third-order valence-electron chi connectivity index (χ3n) is 2.68. The fraction of sp³-hybridized carbons (Fsp3) is 0.529. The summed E-state index contributed by atoms with van der Waals surface area (Å²) in [6, 6.07) is 7.68. The zero-order valence-electron chi connectivity index (χ0n) is 12.7. The predicted molar refractivity (Wildman–Crippen MR) is 82.8 cm³/mol. The summed E-state index contributed by atoms with van der Waals surface area (Å²) in [5.41, 5.74) is 6.60. The maximum atomic E-state index is 5.60. The van der Waals surface area contributed by atoms with Gasteiger partial charge in [-0.05, 0) is 36.1 Å². The van der Waals surface area contributed by atoms with E-state index in [-0.39, 0.29) is 0 Å². The first-order chi connectivity index (χ1) is 9.51. The van der Waals surface area contributed by atoms with Crippen molar-refractivity contribution >= 4 is 0 Å². The summed E-state index contributed by atoms with van der Waals surface area (Å²) in [4.78, 5) is 0. The first-order valence-electron chi connectivity index (χ1n) is 7.01. The van der Waals surface area contributed by atoms with Gasteiger partial charge in [0.25, 0.3) is 0 Å². The molecule has 0 saturated carbocycles. The molecular formula is C17H25NO2. The van der Waals surface area contributed by atoms with E-state index in [0.29, 0.717) is 25.2 Å². The van der Waals surface area contributed by atoms with Crippen LogP contribution < -0.4 is 10.5 Å². The number of benzene rings is 1. The van der Waals surface area contributed by atoms with Crippen LogP contribution in [0.5, 0.6) is 5.75 Å². The molecule has 0 bridgehead atoms. The summed E-state index contributed by atoms with van der Waals surface area (Å²) in [5, 5.41) is 0. The fourth-order valence-corrected chi connectivity index (χ4v) is 1.49. The average Bonchev–Trinajstić information content (AvgIpc) is 2.40. The number of ether oxygens (including phenoxy) is 2. The van der Waals surface area contributed by atoms with Crippen LogP contribution in [0, 0.1) is 17.3 Å². The van der Waals surface area contributed by atoms with Crippen molar-refractivity contribution in [1.82, 2.24) is 0 Å². The zero-order chi connectivity index (χ0) is 14.8. The molecule has 0 aliphatic carbocycles. The van der Waals surface area contributed by atoms with Crippen LogP contribution in [-0.4, -0.2) is 26.4 Å². The molecule has 1 rings (SSSR count). The van der Waals surface area contributed by atoms with Crippen LogP contribution >= 0.6 is 0 Å². The van der Waals surface area contributed by atoms with Crippen molar-refractivity contribution in [2.75, 3.05) is 26.4 Å². The second-order valence-corrected chi connectivity index (χ2v) is 5.80. The molecule has 110 valence electrons. The summed E-state index contributed by atoms with van der Waals surface area (Å²) in [6.07, 6.45) is 1.06. The van der Waals surface area contributed by atoms with E-state index in [2.05, 4.69) is 32.6 Å². The van der Waals surface area contributed by atoms with E-state index in [0.717, 1.165) is 24.3 Å². The third kappa shape index (κ3) is 7.83. The first kappa shape index (κ1) is 16.6. The SMILES string of the molecule is CC(C)(C)CCOCCOc1ccc(C#CCN)cc1. The highest BCUT2D eigenvalue weighted by atomic mass is 16.5. The molecule has 0 saturated heterocycles. The lowest BCUT2D eigenvalue weighted by Gasteiger charge is -2.17. The van der Waals surface area contributed by atoms with Gasteiger partial charge in [-0.2, -0.15) is 0 Å². The Balaban J connectivity index is 2.19. The van der Waals surface area contributed by atoms with Gasteiger partial charge in [0.2, 0.25) is 0 Å². The summed E-state index contributed by atoms with van der Waals surface area (Å²) in [6.45, 7) is 8.97. The maximum Gasteiger partial charge on any atom is 0.119 e. The molecule has 0 atom stereocenters. The highest BCUT2D eigenvalue weighted by molar-refractivity contribution is 5.38. The molecule has 0 radical (unpaired) electrons. The molecule has 0 spiro atoms. The first-order valence-corrected chi connectivity index (χ1v) is 7.01. The molecule has 0 heterocycles. The lowest BCUT2D eigenvalue weighted by atomic mass is 9.93. The molecule has 0 aliphatic heterocycles. The van der Waals surface area contributed by atoms with Crippen molar-refractivity contribution in [3.63, 3.8) is 0 Å². The van der Waals surface area contributed by atoms with Crippen molar-refractivity contribution in [3.8, 4) is 17.6 Å². The van der Waals surface area contributed by atoms with Crippen molar-refractivity contribution in [3.05, 3.63) is 29.8 Å². The Bertz CT molecular complexity index is 435. The molecule has 0 amide bonds. The quantitative estimate of drug-likeness (QED) is 0.641. The monoisotopic (exact) mass is 275 g/mol. The van der Waals surface area contributed by atoms with Crippen LogP contribution in [0.25, 0.3) is 0 Å². The van der Waals surface area contributed by atoms with Gasteiger partial charge in [-0.3, -0.25) is 0 Å². The molecule has 20 heavy (non-hydrogen) atoms. The number of hydrogen-bond acceptors (Lipinski definition) is 3. The predicted octanol–water partition coefficient (Wildman–Crippen LogP) is 2.83. The molecule has 2 N–H and O–H groups in total. The summed E-state index contributed by atoms with van der Waals surface area (Å²) < 4.78 is 11.1. The lowest BCUT2D eigenvalue weighted by molar-refractivity contribution is 0.0818. The van der Waals surface area contributed by atoms with Gasteiger partial charge in [-0.15, -0.1) is 0 Å². The van der Waals surface area contributed by atoms with E-state index >= 15 is 0 Å². The molecule has 0 aliphatic rings. The molecule has 1 aromatic carbocycles. The normalized spacial score (nSPS) is 10.8. The van der Waals surface area contributed by atoms with Gasteiger partial charge in [-0.25, -0.2) is 0 Å². The third-order valence-corrected chi connectivity index (χ3v) is 2.68. The molecule has 0 unspecified atom stereocenters. The number of hydrogen-bond donors (Lipinski definition) is 1. The molecular weight excluding hydrogens is 250 g/mol. The minimum absolute atomic E-state index is 0.321. The minimum Gasteiger partial charge on any atom is -0.491 e. The Kier molecular flexibility index (Phi) is 7.14. The Morgan fingerprint density at radius 3 is 2.35 bits per heavy atom. The van der Waals surface area contributed by atoms with Gasteiger partial charge in [0.15, 0.2) is 0 Å². The highest BCUT2D eigenvalue weighted by Crippen LogP contribution is 2.17. The fourth-order valence-electron chi connectivity index (χ4n) is 1.49. The van der Waals surface area contributed by atoms with Crippen molar-refractivity contribution in [2.24, 2.45) is 11.1 Å². The Hall–Kier alpha value is -1.50. The summed E-state index contributed by atoms with van der Waals surface area (Å²) >= 11 is 0. The zero-order valence-corrected chi connectivity index (χ0v) is 12.7.